The van der Waals surface area contributed by atoms with Crippen LogP contribution in [-0.4, -0.2) is 63.9 Å². The molecule has 10 heteroatoms. The number of piperidine rings is 1. The van der Waals surface area contributed by atoms with Gasteiger partial charge in [-0.15, -0.1) is 24.0 Å². The van der Waals surface area contributed by atoms with Gasteiger partial charge in [-0.05, 0) is 56.0 Å². The fraction of sp³-hybridized carbons (Fsp3) is 0.650. The predicted octanol–water partition coefficient (Wildman–Crippen LogP) is 3.96. The van der Waals surface area contributed by atoms with Crippen LogP contribution in [0.2, 0.25) is 0 Å². The van der Waals surface area contributed by atoms with Gasteiger partial charge in [-0.2, -0.15) is 13.2 Å². The van der Waals surface area contributed by atoms with Crippen LogP contribution in [0.15, 0.2) is 29.3 Å². The third-order valence-electron chi connectivity index (χ3n) is 5.16. The van der Waals surface area contributed by atoms with Crippen molar-refractivity contribution < 1.29 is 22.3 Å². The molecule has 0 aliphatic carbocycles. The largest absolute Gasteiger partial charge is 0.401 e. The molecule has 1 aromatic rings. The molecule has 0 bridgehead atoms. The molecule has 0 spiro atoms. The molecule has 0 radical (unpaired) electrons. The standard InChI is InChI=1S/C20H30F4N4O.HI/c1-25-19(27-13-18(29-2)16-3-5-17(21)6-4-16)26-10-7-15-8-11-28(12-9-15)14-20(22,23)24;/h3-6,15,18H,7-14H2,1-2H3,(H2,25,26,27);1H. The zero-order chi connectivity index (χ0) is 21.3. The number of aliphatic imine (C=N–C) groups is 1. The van der Waals surface area contributed by atoms with Gasteiger partial charge in [-0.25, -0.2) is 4.39 Å². The minimum atomic E-state index is -4.12. The highest BCUT2D eigenvalue weighted by Gasteiger charge is 2.32. The van der Waals surface area contributed by atoms with E-state index < -0.39 is 12.7 Å². The average Bonchev–Trinajstić information content (AvgIpc) is 2.68. The maximum absolute atomic E-state index is 13.1. The molecular formula is C20H31F4IN4O. The van der Waals surface area contributed by atoms with E-state index in [4.69, 9.17) is 4.74 Å². The number of hydrogen-bond donors (Lipinski definition) is 2. The van der Waals surface area contributed by atoms with Gasteiger partial charge in [0.15, 0.2) is 5.96 Å². The molecule has 1 saturated heterocycles. The Bertz CT molecular complexity index is 635. The number of methoxy groups -OCH3 is 1. The Balaban J connectivity index is 0.00000450. The third-order valence-corrected chi connectivity index (χ3v) is 5.16. The van der Waals surface area contributed by atoms with Crippen molar-refractivity contribution in [2.24, 2.45) is 10.9 Å². The maximum atomic E-state index is 13.1. The number of nitrogens with zero attached hydrogens (tertiary/aromatic N) is 2. The van der Waals surface area contributed by atoms with Crippen LogP contribution in [0, 0.1) is 11.7 Å². The summed E-state index contributed by atoms with van der Waals surface area (Å²) >= 11 is 0. The number of likely N-dealkylation sites (tertiary alicyclic amines) is 1. The number of rotatable bonds is 8. The zero-order valence-corrected chi connectivity index (χ0v) is 19.7. The second-order valence-corrected chi connectivity index (χ2v) is 7.28. The van der Waals surface area contributed by atoms with Gasteiger partial charge in [-0.1, -0.05) is 12.1 Å². The van der Waals surface area contributed by atoms with Gasteiger partial charge in [0.05, 0.1) is 12.6 Å². The van der Waals surface area contributed by atoms with E-state index in [1.165, 1.54) is 17.0 Å². The molecule has 1 unspecified atom stereocenters. The number of benzene rings is 1. The van der Waals surface area contributed by atoms with E-state index in [1.807, 2.05) is 0 Å². The van der Waals surface area contributed by atoms with Crippen molar-refractivity contribution in [3.8, 4) is 0 Å². The number of alkyl halides is 3. The van der Waals surface area contributed by atoms with Crippen molar-refractivity contribution in [1.82, 2.24) is 15.5 Å². The van der Waals surface area contributed by atoms with E-state index >= 15 is 0 Å². The fourth-order valence-electron chi connectivity index (χ4n) is 3.51. The van der Waals surface area contributed by atoms with Gasteiger partial charge in [0, 0.05) is 27.2 Å². The molecule has 0 saturated carbocycles. The second kappa shape index (κ2) is 13.3. The van der Waals surface area contributed by atoms with Crippen LogP contribution in [0.5, 0.6) is 0 Å². The van der Waals surface area contributed by atoms with Crippen molar-refractivity contribution in [3.63, 3.8) is 0 Å². The smallest absolute Gasteiger partial charge is 0.375 e. The third kappa shape index (κ3) is 9.78. The molecule has 0 amide bonds. The number of halogens is 5. The monoisotopic (exact) mass is 546 g/mol. The Labute approximate surface area is 192 Å². The molecule has 2 rings (SSSR count). The molecule has 1 aliphatic heterocycles. The number of ether oxygens (including phenoxy) is 1. The normalized spacial score (nSPS) is 17.3. The Morgan fingerprint density at radius 2 is 1.83 bits per heavy atom. The minimum Gasteiger partial charge on any atom is -0.375 e. The number of hydrogen-bond acceptors (Lipinski definition) is 3. The lowest BCUT2D eigenvalue weighted by Crippen LogP contribution is -2.42. The molecule has 1 aliphatic rings. The molecular weight excluding hydrogens is 515 g/mol. The quantitative estimate of drug-likeness (QED) is 0.225. The van der Waals surface area contributed by atoms with Gasteiger partial charge in [0.1, 0.15) is 5.82 Å². The van der Waals surface area contributed by atoms with Gasteiger partial charge in [-0.3, -0.25) is 9.89 Å². The first-order chi connectivity index (χ1) is 13.8. The first-order valence-corrected chi connectivity index (χ1v) is 9.82. The highest BCUT2D eigenvalue weighted by Crippen LogP contribution is 2.24. The molecule has 5 nitrogen and oxygen atoms in total. The van der Waals surface area contributed by atoms with Crippen LogP contribution in [0.4, 0.5) is 17.6 Å². The summed E-state index contributed by atoms with van der Waals surface area (Å²) in [5, 5.41) is 6.43. The van der Waals surface area contributed by atoms with Crippen LogP contribution in [0.3, 0.4) is 0 Å². The summed E-state index contributed by atoms with van der Waals surface area (Å²) in [6.07, 6.45) is -1.93. The Morgan fingerprint density at radius 3 is 2.37 bits per heavy atom. The molecule has 0 aromatic heterocycles. The van der Waals surface area contributed by atoms with E-state index in [1.54, 1.807) is 26.3 Å². The fourth-order valence-corrected chi connectivity index (χ4v) is 3.51. The maximum Gasteiger partial charge on any atom is 0.401 e. The van der Waals surface area contributed by atoms with Crippen LogP contribution in [-0.2, 0) is 4.74 Å². The predicted molar refractivity (Wildman–Crippen MR) is 121 cm³/mol. The Morgan fingerprint density at radius 1 is 1.20 bits per heavy atom. The minimum absolute atomic E-state index is 0. The van der Waals surface area contributed by atoms with Crippen LogP contribution in [0.25, 0.3) is 0 Å². The summed E-state index contributed by atoms with van der Waals surface area (Å²) in [5.74, 6) is 0.748. The van der Waals surface area contributed by atoms with Crippen molar-refractivity contribution >= 4 is 29.9 Å². The van der Waals surface area contributed by atoms with Crippen LogP contribution < -0.4 is 10.6 Å². The summed E-state index contributed by atoms with van der Waals surface area (Å²) in [7, 11) is 3.27. The highest BCUT2D eigenvalue weighted by atomic mass is 127. The first-order valence-electron chi connectivity index (χ1n) is 9.82. The lowest BCUT2D eigenvalue weighted by molar-refractivity contribution is -0.148. The van der Waals surface area contributed by atoms with Gasteiger partial charge in [0.2, 0.25) is 0 Å². The van der Waals surface area contributed by atoms with Crippen LogP contribution in [0.1, 0.15) is 30.9 Å². The average molecular weight is 546 g/mol. The lowest BCUT2D eigenvalue weighted by Gasteiger charge is -2.32. The molecule has 1 heterocycles. The van der Waals surface area contributed by atoms with E-state index in [-0.39, 0.29) is 35.9 Å². The van der Waals surface area contributed by atoms with Crippen molar-refractivity contribution in [1.29, 1.82) is 0 Å². The van der Waals surface area contributed by atoms with E-state index in [0.29, 0.717) is 38.1 Å². The van der Waals surface area contributed by atoms with Crippen molar-refractivity contribution in [2.75, 3.05) is 46.9 Å². The lowest BCUT2D eigenvalue weighted by atomic mass is 9.93. The number of guanidine groups is 1. The molecule has 1 aromatic carbocycles. The van der Waals surface area contributed by atoms with Crippen molar-refractivity contribution in [2.45, 2.75) is 31.5 Å². The summed E-state index contributed by atoms with van der Waals surface area (Å²) in [4.78, 5) is 5.66. The topological polar surface area (TPSA) is 48.9 Å². The zero-order valence-electron chi connectivity index (χ0n) is 17.3. The molecule has 172 valence electrons. The van der Waals surface area contributed by atoms with Gasteiger partial charge >= 0.3 is 6.18 Å². The summed E-state index contributed by atoms with van der Waals surface area (Å²) < 4.78 is 55.9. The molecule has 2 N–H and O–H groups in total. The SMILES string of the molecule is CN=C(NCCC1CCN(CC(F)(F)F)CC1)NCC(OC)c1ccc(F)cc1.I. The van der Waals surface area contributed by atoms with E-state index in [0.717, 1.165) is 24.8 Å². The van der Waals surface area contributed by atoms with E-state index in [2.05, 4.69) is 15.6 Å². The van der Waals surface area contributed by atoms with Crippen LogP contribution >= 0.6 is 24.0 Å². The van der Waals surface area contributed by atoms with Crippen molar-refractivity contribution in [3.05, 3.63) is 35.6 Å². The van der Waals surface area contributed by atoms with Gasteiger partial charge in [0.25, 0.3) is 0 Å². The Kier molecular flexibility index (Phi) is 11.9. The van der Waals surface area contributed by atoms with E-state index in [9.17, 15) is 17.6 Å². The molecule has 1 atom stereocenters. The first kappa shape index (κ1) is 26.9. The summed E-state index contributed by atoms with van der Waals surface area (Å²) in [6, 6.07) is 6.17. The summed E-state index contributed by atoms with van der Waals surface area (Å²) in [5.41, 5.74) is 0.863. The number of nitrogens with one attached hydrogen (secondary N) is 2. The summed E-state index contributed by atoms with van der Waals surface area (Å²) in [6.45, 7) is 1.33. The molecule has 30 heavy (non-hydrogen) atoms. The van der Waals surface area contributed by atoms with Gasteiger partial charge < -0.3 is 15.4 Å². The second-order valence-electron chi connectivity index (χ2n) is 7.28. The Hall–Kier alpha value is -1.14. The highest BCUT2D eigenvalue weighted by molar-refractivity contribution is 14.0. The molecule has 1 fully saturated rings.